The van der Waals surface area contributed by atoms with E-state index in [1.165, 1.54) is 6.07 Å². The topological polar surface area (TPSA) is 78.6 Å². The summed E-state index contributed by atoms with van der Waals surface area (Å²) in [6.07, 6.45) is 1.63. The third-order valence-electron chi connectivity index (χ3n) is 2.04. The van der Waals surface area contributed by atoms with Crippen molar-refractivity contribution in [2.45, 2.75) is 5.25 Å². The van der Waals surface area contributed by atoms with E-state index in [4.69, 9.17) is 0 Å². The van der Waals surface area contributed by atoms with Gasteiger partial charge in [-0.1, -0.05) is 6.07 Å². The van der Waals surface area contributed by atoms with Crippen LogP contribution in [0.5, 0.6) is 0 Å². The van der Waals surface area contributed by atoms with Gasteiger partial charge in [0.15, 0.2) is 0 Å². The summed E-state index contributed by atoms with van der Waals surface area (Å²) in [5.74, 6) is 0. The van der Waals surface area contributed by atoms with E-state index in [1.807, 2.05) is 6.07 Å². The molecular formula is C10H9N3O2S. The summed E-state index contributed by atoms with van der Waals surface area (Å²) in [6, 6.07) is 6.67. The zero-order valence-corrected chi connectivity index (χ0v) is 9.07. The maximum Gasteiger partial charge on any atom is 0.325 e. The SMILES string of the molecule is O=c1cc(C(S)c2ccccn2)[nH]c(=O)[nH]1. The van der Waals surface area contributed by atoms with Gasteiger partial charge in [-0.05, 0) is 12.1 Å². The van der Waals surface area contributed by atoms with Crippen molar-refractivity contribution in [3.63, 3.8) is 0 Å². The predicted molar refractivity (Wildman–Crippen MR) is 62.7 cm³/mol. The number of hydrogen-bond donors (Lipinski definition) is 3. The van der Waals surface area contributed by atoms with Gasteiger partial charge in [-0.2, -0.15) is 12.6 Å². The number of nitrogens with one attached hydrogen (secondary N) is 2. The second-order valence-electron chi connectivity index (χ2n) is 3.20. The molecule has 82 valence electrons. The first-order valence-electron chi connectivity index (χ1n) is 4.59. The molecule has 0 saturated heterocycles. The van der Waals surface area contributed by atoms with Crippen molar-refractivity contribution < 1.29 is 0 Å². The smallest absolute Gasteiger partial charge is 0.310 e. The number of rotatable bonds is 2. The van der Waals surface area contributed by atoms with Gasteiger partial charge in [-0.3, -0.25) is 14.8 Å². The molecule has 0 radical (unpaired) electrons. The van der Waals surface area contributed by atoms with Gasteiger partial charge in [0.25, 0.3) is 5.56 Å². The standard InChI is InChI=1S/C10H9N3O2S/c14-8-5-7(12-10(15)13-8)9(16)6-3-1-2-4-11-6/h1-5,9,16H,(H2,12,13,14,15). The highest BCUT2D eigenvalue weighted by Crippen LogP contribution is 2.22. The Morgan fingerprint density at radius 3 is 2.69 bits per heavy atom. The van der Waals surface area contributed by atoms with E-state index in [2.05, 4.69) is 27.6 Å². The van der Waals surface area contributed by atoms with Crippen LogP contribution < -0.4 is 11.2 Å². The van der Waals surface area contributed by atoms with E-state index < -0.39 is 16.5 Å². The number of aromatic amines is 2. The number of pyridine rings is 1. The molecule has 0 bridgehead atoms. The van der Waals surface area contributed by atoms with Gasteiger partial charge < -0.3 is 4.98 Å². The van der Waals surface area contributed by atoms with Gasteiger partial charge in [0.2, 0.25) is 0 Å². The van der Waals surface area contributed by atoms with E-state index in [9.17, 15) is 9.59 Å². The fourth-order valence-electron chi connectivity index (χ4n) is 1.33. The first-order valence-corrected chi connectivity index (χ1v) is 5.11. The summed E-state index contributed by atoms with van der Waals surface area (Å²) in [4.78, 5) is 30.9. The van der Waals surface area contributed by atoms with Crippen molar-refractivity contribution in [1.82, 2.24) is 15.0 Å². The Morgan fingerprint density at radius 1 is 1.25 bits per heavy atom. The van der Waals surface area contributed by atoms with Crippen LogP contribution in [0.2, 0.25) is 0 Å². The summed E-state index contributed by atoms with van der Waals surface area (Å²) >= 11 is 4.32. The number of aromatic nitrogens is 3. The van der Waals surface area contributed by atoms with Gasteiger partial charge in [0, 0.05) is 18.0 Å². The Balaban J connectivity index is 2.45. The summed E-state index contributed by atoms with van der Waals surface area (Å²) in [5, 5.41) is -0.420. The molecule has 0 fully saturated rings. The lowest BCUT2D eigenvalue weighted by molar-refractivity contribution is 0.924. The molecule has 16 heavy (non-hydrogen) atoms. The van der Waals surface area contributed by atoms with E-state index in [0.717, 1.165) is 0 Å². The molecule has 0 aliphatic carbocycles. The minimum absolute atomic E-state index is 0.420. The summed E-state index contributed by atoms with van der Waals surface area (Å²) in [6.45, 7) is 0. The maximum absolute atomic E-state index is 11.1. The Kier molecular flexibility index (Phi) is 2.91. The molecule has 6 heteroatoms. The molecule has 5 nitrogen and oxygen atoms in total. The third kappa shape index (κ3) is 2.22. The van der Waals surface area contributed by atoms with Crippen molar-refractivity contribution >= 4 is 12.6 Å². The molecule has 2 N–H and O–H groups in total. The minimum Gasteiger partial charge on any atom is -0.310 e. The normalized spacial score (nSPS) is 12.3. The van der Waals surface area contributed by atoms with Crippen LogP contribution in [-0.4, -0.2) is 15.0 Å². The summed E-state index contributed by atoms with van der Waals surface area (Å²) in [7, 11) is 0. The van der Waals surface area contributed by atoms with Crippen LogP contribution in [0.1, 0.15) is 16.6 Å². The van der Waals surface area contributed by atoms with Crippen LogP contribution in [-0.2, 0) is 0 Å². The van der Waals surface area contributed by atoms with E-state index >= 15 is 0 Å². The average molecular weight is 235 g/mol. The van der Waals surface area contributed by atoms with Crippen LogP contribution in [0.15, 0.2) is 40.1 Å². The lowest BCUT2D eigenvalue weighted by Gasteiger charge is -2.08. The Labute approximate surface area is 96.0 Å². The van der Waals surface area contributed by atoms with E-state index in [0.29, 0.717) is 11.4 Å². The third-order valence-corrected chi connectivity index (χ3v) is 2.59. The van der Waals surface area contributed by atoms with Crippen LogP contribution in [0.4, 0.5) is 0 Å². The minimum atomic E-state index is -0.544. The molecule has 2 rings (SSSR count). The van der Waals surface area contributed by atoms with Crippen molar-refractivity contribution in [3.05, 3.63) is 62.7 Å². The number of H-pyrrole nitrogens is 2. The van der Waals surface area contributed by atoms with Gasteiger partial charge in [-0.15, -0.1) is 0 Å². The van der Waals surface area contributed by atoms with Crippen LogP contribution in [0, 0.1) is 0 Å². The summed E-state index contributed by atoms with van der Waals surface area (Å²) < 4.78 is 0. The van der Waals surface area contributed by atoms with Crippen molar-refractivity contribution in [1.29, 1.82) is 0 Å². The Morgan fingerprint density at radius 2 is 2.06 bits per heavy atom. The molecule has 2 heterocycles. The second-order valence-corrected chi connectivity index (χ2v) is 3.72. The number of nitrogens with zero attached hydrogens (tertiary/aromatic N) is 1. The van der Waals surface area contributed by atoms with Crippen molar-refractivity contribution in [3.8, 4) is 0 Å². The highest BCUT2D eigenvalue weighted by Gasteiger charge is 2.11. The molecule has 0 amide bonds. The molecule has 2 aromatic heterocycles. The van der Waals surface area contributed by atoms with Gasteiger partial charge in [-0.25, -0.2) is 4.79 Å². The molecular weight excluding hydrogens is 226 g/mol. The maximum atomic E-state index is 11.1. The number of thiol groups is 1. The van der Waals surface area contributed by atoms with Gasteiger partial charge in [0.05, 0.1) is 10.9 Å². The van der Waals surface area contributed by atoms with Gasteiger partial charge >= 0.3 is 5.69 Å². The fourth-order valence-corrected chi connectivity index (χ4v) is 1.62. The second kappa shape index (κ2) is 4.36. The lowest BCUT2D eigenvalue weighted by Crippen LogP contribution is -2.23. The monoisotopic (exact) mass is 235 g/mol. The zero-order valence-electron chi connectivity index (χ0n) is 8.18. The highest BCUT2D eigenvalue weighted by atomic mass is 32.1. The molecule has 1 unspecified atom stereocenters. The molecule has 2 aromatic rings. The van der Waals surface area contributed by atoms with Crippen LogP contribution in [0.3, 0.4) is 0 Å². The van der Waals surface area contributed by atoms with E-state index in [1.54, 1.807) is 18.3 Å². The van der Waals surface area contributed by atoms with Crippen molar-refractivity contribution in [2.75, 3.05) is 0 Å². The quantitative estimate of drug-likeness (QED) is 0.662. The Bertz CT molecular complexity index is 563. The molecule has 1 atom stereocenters. The molecule has 0 aliphatic heterocycles. The largest absolute Gasteiger partial charge is 0.325 e. The highest BCUT2D eigenvalue weighted by molar-refractivity contribution is 7.80. The average Bonchev–Trinajstić information content (AvgIpc) is 2.28. The molecule has 0 saturated carbocycles. The van der Waals surface area contributed by atoms with Crippen LogP contribution >= 0.6 is 12.6 Å². The first kappa shape index (κ1) is 10.7. The molecule has 0 spiro atoms. The molecule has 0 aromatic carbocycles. The zero-order chi connectivity index (χ0) is 11.5. The predicted octanol–water partition coefficient (Wildman–Crippen LogP) is 0.477. The van der Waals surface area contributed by atoms with Gasteiger partial charge in [0.1, 0.15) is 0 Å². The fraction of sp³-hybridized carbons (Fsp3) is 0.100. The lowest BCUT2D eigenvalue weighted by atomic mass is 10.2. The first-order chi connectivity index (χ1) is 7.66. The Hall–Kier alpha value is -1.82. The van der Waals surface area contributed by atoms with Crippen LogP contribution in [0.25, 0.3) is 0 Å². The van der Waals surface area contributed by atoms with Crippen molar-refractivity contribution in [2.24, 2.45) is 0 Å². The van der Waals surface area contributed by atoms with E-state index in [-0.39, 0.29) is 0 Å². The summed E-state index contributed by atoms with van der Waals surface area (Å²) in [5.41, 5.74) is 0.106. The number of hydrogen-bond acceptors (Lipinski definition) is 4. The molecule has 0 aliphatic rings.